The van der Waals surface area contributed by atoms with Crippen LogP contribution in [0.4, 0.5) is 19.0 Å². The normalized spacial score (nSPS) is 10.8. The van der Waals surface area contributed by atoms with Gasteiger partial charge >= 0.3 is 0 Å². The van der Waals surface area contributed by atoms with Gasteiger partial charge in [0.2, 0.25) is 0 Å². The summed E-state index contributed by atoms with van der Waals surface area (Å²) in [6.07, 6.45) is 1.53. The van der Waals surface area contributed by atoms with Gasteiger partial charge in [-0.25, -0.2) is 18.2 Å². The molecule has 3 aromatic carbocycles. The molecule has 0 saturated carbocycles. The molecule has 4 rings (SSSR count). The number of benzene rings is 3. The average Bonchev–Trinajstić information content (AvgIpc) is 3.13. The fourth-order valence-electron chi connectivity index (χ4n) is 3.09. The quantitative estimate of drug-likeness (QED) is 0.490. The zero-order valence-corrected chi connectivity index (χ0v) is 15.6. The highest BCUT2D eigenvalue weighted by Gasteiger charge is 2.20. The van der Waals surface area contributed by atoms with Crippen LogP contribution < -0.4 is 5.32 Å². The Kier molecular flexibility index (Phi) is 5.34. The number of hydrogen-bond donors (Lipinski definition) is 1. The van der Waals surface area contributed by atoms with E-state index in [2.05, 4.69) is 10.3 Å². The summed E-state index contributed by atoms with van der Waals surface area (Å²) in [5.41, 5.74) is 1.48. The van der Waals surface area contributed by atoms with Gasteiger partial charge in [0.05, 0.1) is 18.4 Å². The topological polar surface area (TPSA) is 46.9 Å². The van der Waals surface area contributed by atoms with Crippen LogP contribution in [0.5, 0.6) is 0 Å². The minimum Gasteiger partial charge on any atom is -0.312 e. The number of imidazole rings is 1. The highest BCUT2D eigenvalue weighted by Crippen LogP contribution is 2.28. The van der Waals surface area contributed by atoms with Crippen molar-refractivity contribution in [1.29, 1.82) is 0 Å². The summed E-state index contributed by atoms with van der Waals surface area (Å²) in [5, 5.41) is 2.64. The number of nitrogens with zero attached hydrogens (tertiary/aromatic N) is 2. The zero-order valence-electron chi connectivity index (χ0n) is 15.6. The van der Waals surface area contributed by atoms with E-state index in [1.165, 1.54) is 42.7 Å². The number of halogens is 3. The maximum Gasteiger partial charge on any atom is 0.259 e. The van der Waals surface area contributed by atoms with Gasteiger partial charge in [-0.3, -0.25) is 4.79 Å². The molecule has 150 valence electrons. The van der Waals surface area contributed by atoms with Crippen LogP contribution in [0.3, 0.4) is 0 Å². The van der Waals surface area contributed by atoms with Crippen molar-refractivity contribution in [3.05, 3.63) is 108 Å². The fraction of sp³-hybridized carbons (Fsp3) is 0.0435. The van der Waals surface area contributed by atoms with Gasteiger partial charge < -0.3 is 9.88 Å². The van der Waals surface area contributed by atoms with Crippen molar-refractivity contribution >= 4 is 11.7 Å². The van der Waals surface area contributed by atoms with E-state index in [1.807, 2.05) is 30.3 Å². The second kappa shape index (κ2) is 8.24. The lowest BCUT2D eigenvalue weighted by molar-refractivity contribution is 0.102. The summed E-state index contributed by atoms with van der Waals surface area (Å²) in [7, 11) is 0. The minimum absolute atomic E-state index is 0.291. The lowest BCUT2D eigenvalue weighted by atomic mass is 10.1. The molecule has 1 aromatic heterocycles. The van der Waals surface area contributed by atoms with Crippen molar-refractivity contribution in [2.45, 2.75) is 6.54 Å². The molecule has 1 N–H and O–H groups in total. The predicted molar refractivity (Wildman–Crippen MR) is 107 cm³/mol. The summed E-state index contributed by atoms with van der Waals surface area (Å²) in [4.78, 5) is 17.1. The van der Waals surface area contributed by atoms with E-state index in [4.69, 9.17) is 0 Å². The van der Waals surface area contributed by atoms with Crippen LogP contribution in [0.2, 0.25) is 0 Å². The Morgan fingerprint density at radius 3 is 2.37 bits per heavy atom. The molecule has 4 nitrogen and oxygen atoms in total. The minimum atomic E-state index is -1.23. The molecule has 0 aliphatic carbocycles. The molecule has 0 fully saturated rings. The van der Waals surface area contributed by atoms with Crippen molar-refractivity contribution in [3.8, 4) is 11.3 Å². The predicted octanol–water partition coefficient (Wildman–Crippen LogP) is 5.27. The van der Waals surface area contributed by atoms with Crippen molar-refractivity contribution in [1.82, 2.24) is 9.55 Å². The fourth-order valence-corrected chi connectivity index (χ4v) is 3.09. The molecular formula is C23H16F3N3O. The van der Waals surface area contributed by atoms with Gasteiger partial charge in [-0.15, -0.1) is 0 Å². The molecule has 0 unspecified atom stereocenters. The molecule has 0 aliphatic heterocycles. The van der Waals surface area contributed by atoms with Gasteiger partial charge in [0, 0.05) is 5.56 Å². The van der Waals surface area contributed by atoms with Gasteiger partial charge in [-0.05, 0) is 42.0 Å². The molecule has 0 bridgehead atoms. The smallest absolute Gasteiger partial charge is 0.259 e. The number of amides is 1. The number of anilines is 1. The Balaban J connectivity index is 1.74. The number of rotatable bonds is 5. The Hall–Kier alpha value is -3.87. The van der Waals surface area contributed by atoms with Crippen LogP contribution in [0.15, 0.2) is 79.1 Å². The number of hydrogen-bond acceptors (Lipinski definition) is 2. The van der Waals surface area contributed by atoms with E-state index < -0.39 is 28.9 Å². The maximum atomic E-state index is 14.1. The van der Waals surface area contributed by atoms with Crippen LogP contribution in [0, 0.1) is 17.5 Å². The number of aromatic nitrogens is 2. The highest BCUT2D eigenvalue weighted by molar-refractivity contribution is 6.05. The third kappa shape index (κ3) is 3.96. The first-order valence-corrected chi connectivity index (χ1v) is 9.13. The second-order valence-electron chi connectivity index (χ2n) is 6.62. The first kappa shape index (κ1) is 19.4. The van der Waals surface area contributed by atoms with Crippen LogP contribution in [0.1, 0.15) is 15.9 Å². The zero-order chi connectivity index (χ0) is 21.1. The third-order valence-corrected chi connectivity index (χ3v) is 4.58. The summed E-state index contributed by atoms with van der Waals surface area (Å²) in [6.45, 7) is 0.385. The number of nitrogens with one attached hydrogen (secondary N) is 1. The lowest BCUT2D eigenvalue weighted by Crippen LogP contribution is -2.18. The third-order valence-electron chi connectivity index (χ3n) is 4.58. The Morgan fingerprint density at radius 1 is 0.900 bits per heavy atom. The summed E-state index contributed by atoms with van der Waals surface area (Å²) in [6, 6.07) is 18.5. The molecule has 1 heterocycles. The molecular weight excluding hydrogens is 391 g/mol. The first-order chi connectivity index (χ1) is 14.5. The van der Waals surface area contributed by atoms with E-state index in [-0.39, 0.29) is 0 Å². The van der Waals surface area contributed by atoms with Gasteiger partial charge in [0.25, 0.3) is 5.91 Å². The molecule has 0 atom stereocenters. The lowest BCUT2D eigenvalue weighted by Gasteiger charge is -2.12. The average molecular weight is 407 g/mol. The molecule has 0 aliphatic rings. The van der Waals surface area contributed by atoms with Crippen LogP contribution in [0.25, 0.3) is 11.3 Å². The Labute approximate surface area is 170 Å². The maximum absolute atomic E-state index is 14.1. The van der Waals surface area contributed by atoms with Gasteiger partial charge in [0.15, 0.2) is 11.6 Å². The summed E-state index contributed by atoms with van der Waals surface area (Å²) in [5.74, 6) is -3.27. The molecule has 1 amide bonds. The molecule has 4 aromatic rings. The van der Waals surface area contributed by atoms with Crippen LogP contribution >= 0.6 is 0 Å². The van der Waals surface area contributed by atoms with E-state index in [0.717, 1.165) is 11.6 Å². The molecule has 0 saturated heterocycles. The second-order valence-corrected chi connectivity index (χ2v) is 6.62. The highest BCUT2D eigenvalue weighted by atomic mass is 19.2. The molecule has 7 heteroatoms. The molecule has 0 radical (unpaired) electrons. The van der Waals surface area contributed by atoms with E-state index >= 15 is 0 Å². The monoisotopic (exact) mass is 407 g/mol. The molecule has 30 heavy (non-hydrogen) atoms. The molecule has 0 spiro atoms. The van der Waals surface area contributed by atoms with E-state index in [0.29, 0.717) is 23.6 Å². The van der Waals surface area contributed by atoms with Gasteiger partial charge in [-0.2, -0.15) is 0 Å². The van der Waals surface area contributed by atoms with E-state index in [1.54, 1.807) is 4.57 Å². The van der Waals surface area contributed by atoms with Crippen molar-refractivity contribution in [3.63, 3.8) is 0 Å². The van der Waals surface area contributed by atoms with Crippen molar-refractivity contribution in [2.24, 2.45) is 0 Å². The Bertz CT molecular complexity index is 1190. The van der Waals surface area contributed by atoms with Gasteiger partial charge in [-0.1, -0.05) is 36.4 Å². The summed E-state index contributed by atoms with van der Waals surface area (Å²) >= 11 is 0. The van der Waals surface area contributed by atoms with Crippen molar-refractivity contribution in [2.75, 3.05) is 5.32 Å². The number of carbonyl (C=O) groups excluding carboxylic acids is 1. The SMILES string of the molecule is O=C(Nc1c(-c2ccc(F)cc2)ncn1Cc1ccccc1)c1cccc(F)c1F. The van der Waals surface area contributed by atoms with Gasteiger partial charge in [0.1, 0.15) is 17.3 Å². The number of carbonyl (C=O) groups is 1. The largest absolute Gasteiger partial charge is 0.312 e. The Morgan fingerprint density at radius 2 is 1.63 bits per heavy atom. The first-order valence-electron chi connectivity index (χ1n) is 9.13. The van der Waals surface area contributed by atoms with Crippen molar-refractivity contribution < 1.29 is 18.0 Å². The van der Waals surface area contributed by atoms with E-state index in [9.17, 15) is 18.0 Å². The summed E-state index contributed by atoms with van der Waals surface area (Å²) < 4.78 is 42.7. The standard InChI is InChI=1S/C23H16F3N3O/c24-17-11-9-16(10-12-17)21-22(28-23(30)18-7-4-8-19(25)20(18)26)29(14-27-21)13-15-5-2-1-3-6-15/h1-12,14H,13H2,(H,28,30). The van der Waals surface area contributed by atoms with Crippen LogP contribution in [-0.2, 0) is 6.54 Å². The van der Waals surface area contributed by atoms with Crippen LogP contribution in [-0.4, -0.2) is 15.5 Å².